The second-order valence-electron chi connectivity index (χ2n) is 4.32. The molecule has 11 heteroatoms. The van der Waals surface area contributed by atoms with Crippen molar-refractivity contribution in [3.05, 3.63) is 23.8 Å². The van der Waals surface area contributed by atoms with E-state index in [0.29, 0.717) is 0 Å². The quantitative estimate of drug-likeness (QED) is 0.638. The van der Waals surface area contributed by atoms with E-state index in [1.807, 2.05) is 5.32 Å². The van der Waals surface area contributed by atoms with Crippen LogP contribution < -0.4 is 20.5 Å². The average molecular weight is 374 g/mol. The van der Waals surface area contributed by atoms with Gasteiger partial charge >= 0.3 is 0 Å². The SMILES string of the molecule is CNS(=O)(=O)c1cc(C(=O)NCC(F)(F)CN)ccc1OC.Cl. The number of alkyl halides is 2. The lowest BCUT2D eigenvalue weighted by Crippen LogP contribution is -2.41. The molecule has 0 aliphatic carbocycles. The largest absolute Gasteiger partial charge is 0.495 e. The number of methoxy groups -OCH3 is 1. The fourth-order valence-electron chi connectivity index (χ4n) is 1.52. The van der Waals surface area contributed by atoms with Crippen molar-refractivity contribution in [3.8, 4) is 5.75 Å². The molecule has 1 aromatic rings. The average Bonchev–Trinajstić information content (AvgIpc) is 2.52. The number of nitrogens with two attached hydrogens (primary N) is 1. The Bertz CT molecular complexity index is 656. The van der Waals surface area contributed by atoms with E-state index in [1.165, 1.54) is 26.3 Å². The standard InChI is InChI=1S/C12H17F2N3O4S.ClH/c1-16-22(19,20)10-5-8(3-4-9(10)21-2)11(18)17-7-12(13,14)6-15;/h3-5,16H,6-7,15H2,1-2H3,(H,17,18);1H. The van der Waals surface area contributed by atoms with Gasteiger partial charge in [-0.3, -0.25) is 4.79 Å². The molecule has 0 saturated heterocycles. The molecule has 1 amide bonds. The van der Waals surface area contributed by atoms with Gasteiger partial charge in [0.15, 0.2) is 0 Å². The molecule has 7 nitrogen and oxygen atoms in total. The van der Waals surface area contributed by atoms with Crippen LogP contribution in [0, 0.1) is 0 Å². The van der Waals surface area contributed by atoms with Crippen molar-refractivity contribution in [2.75, 3.05) is 27.2 Å². The maximum atomic E-state index is 13.0. The number of carbonyl (C=O) groups is 1. The Kier molecular flexibility index (Phi) is 7.84. The van der Waals surface area contributed by atoms with Gasteiger partial charge in [0, 0.05) is 5.56 Å². The highest BCUT2D eigenvalue weighted by molar-refractivity contribution is 7.89. The molecular weight excluding hydrogens is 356 g/mol. The second-order valence-corrected chi connectivity index (χ2v) is 6.17. The molecule has 0 fully saturated rings. The Morgan fingerprint density at radius 2 is 2.00 bits per heavy atom. The minimum absolute atomic E-state index is 0. The first-order valence-corrected chi connectivity index (χ1v) is 7.63. The summed E-state index contributed by atoms with van der Waals surface area (Å²) in [6, 6.07) is 3.57. The van der Waals surface area contributed by atoms with Crippen LogP contribution in [0.1, 0.15) is 10.4 Å². The minimum atomic E-state index is -3.87. The second kappa shape index (κ2) is 8.39. The monoisotopic (exact) mass is 373 g/mol. The summed E-state index contributed by atoms with van der Waals surface area (Å²) in [6.07, 6.45) is 0. The fourth-order valence-corrected chi connectivity index (χ4v) is 2.44. The van der Waals surface area contributed by atoms with Crippen LogP contribution in [0.2, 0.25) is 0 Å². The van der Waals surface area contributed by atoms with Gasteiger partial charge in [-0.1, -0.05) is 0 Å². The van der Waals surface area contributed by atoms with E-state index in [4.69, 9.17) is 10.5 Å². The topological polar surface area (TPSA) is 111 Å². The van der Waals surface area contributed by atoms with Gasteiger partial charge in [-0.25, -0.2) is 21.9 Å². The van der Waals surface area contributed by atoms with Gasteiger partial charge in [0.1, 0.15) is 10.6 Å². The van der Waals surface area contributed by atoms with E-state index >= 15 is 0 Å². The highest BCUT2D eigenvalue weighted by atomic mass is 35.5. The van der Waals surface area contributed by atoms with Crippen LogP contribution in [-0.2, 0) is 10.0 Å². The number of amides is 1. The molecule has 0 bridgehead atoms. The van der Waals surface area contributed by atoms with Gasteiger partial charge in [-0.15, -0.1) is 12.4 Å². The molecule has 0 saturated carbocycles. The third-order valence-electron chi connectivity index (χ3n) is 2.79. The molecule has 1 rings (SSSR count). The number of benzene rings is 1. The van der Waals surface area contributed by atoms with Gasteiger partial charge in [-0.05, 0) is 25.2 Å². The number of hydrogen-bond donors (Lipinski definition) is 3. The van der Waals surface area contributed by atoms with Crippen LogP contribution in [0.3, 0.4) is 0 Å². The van der Waals surface area contributed by atoms with Crippen LogP contribution in [-0.4, -0.2) is 47.5 Å². The van der Waals surface area contributed by atoms with Gasteiger partial charge in [0.05, 0.1) is 20.2 Å². The molecule has 0 radical (unpaired) electrons. The smallest absolute Gasteiger partial charge is 0.277 e. The minimum Gasteiger partial charge on any atom is -0.495 e. The summed E-state index contributed by atoms with van der Waals surface area (Å²) < 4.78 is 56.7. The number of halogens is 3. The van der Waals surface area contributed by atoms with Gasteiger partial charge in [-0.2, -0.15) is 0 Å². The Hall–Kier alpha value is -1.49. The van der Waals surface area contributed by atoms with E-state index in [0.717, 1.165) is 6.07 Å². The third kappa shape index (κ3) is 5.57. The fraction of sp³-hybridized carbons (Fsp3) is 0.417. The molecule has 0 aliphatic rings. The lowest BCUT2D eigenvalue weighted by molar-refractivity contribution is 0.0118. The number of hydrogen-bond acceptors (Lipinski definition) is 5. The molecule has 0 heterocycles. The van der Waals surface area contributed by atoms with Crippen LogP contribution in [0.15, 0.2) is 23.1 Å². The molecule has 0 aliphatic heterocycles. The maximum absolute atomic E-state index is 13.0. The zero-order chi connectivity index (χ0) is 17.0. The number of sulfonamides is 1. The Morgan fingerprint density at radius 3 is 2.48 bits per heavy atom. The summed E-state index contributed by atoms with van der Waals surface area (Å²) >= 11 is 0. The van der Waals surface area contributed by atoms with Crippen molar-refractivity contribution in [2.24, 2.45) is 5.73 Å². The molecule has 0 spiro atoms. The normalized spacial score (nSPS) is 11.5. The van der Waals surface area contributed by atoms with Crippen LogP contribution in [0.4, 0.5) is 8.78 Å². The maximum Gasteiger partial charge on any atom is 0.277 e. The summed E-state index contributed by atoms with van der Waals surface area (Å²) in [5.74, 6) is -4.05. The van der Waals surface area contributed by atoms with Crippen molar-refractivity contribution < 1.29 is 26.7 Å². The lowest BCUT2D eigenvalue weighted by Gasteiger charge is -2.15. The first-order valence-electron chi connectivity index (χ1n) is 6.14. The van der Waals surface area contributed by atoms with Crippen LogP contribution in [0.5, 0.6) is 5.75 Å². The predicted molar refractivity (Wildman–Crippen MR) is 82.8 cm³/mol. The van der Waals surface area contributed by atoms with Crippen LogP contribution in [0.25, 0.3) is 0 Å². The predicted octanol–water partition coefficient (Wildman–Crippen LogP) is 0.349. The van der Waals surface area contributed by atoms with Crippen molar-refractivity contribution in [3.63, 3.8) is 0 Å². The molecule has 0 aromatic heterocycles. The summed E-state index contributed by atoms with van der Waals surface area (Å²) in [4.78, 5) is 11.6. The number of ether oxygens (including phenoxy) is 1. The third-order valence-corrected chi connectivity index (χ3v) is 4.23. The molecule has 0 atom stereocenters. The molecule has 23 heavy (non-hydrogen) atoms. The first-order chi connectivity index (χ1) is 10.2. The zero-order valence-corrected chi connectivity index (χ0v) is 14.1. The van der Waals surface area contributed by atoms with Crippen molar-refractivity contribution in [2.45, 2.75) is 10.8 Å². The van der Waals surface area contributed by atoms with Crippen LogP contribution >= 0.6 is 12.4 Å². The van der Waals surface area contributed by atoms with E-state index in [-0.39, 0.29) is 28.6 Å². The molecule has 4 N–H and O–H groups in total. The first kappa shape index (κ1) is 21.5. The van der Waals surface area contributed by atoms with Gasteiger partial charge in [0.2, 0.25) is 10.0 Å². The number of carbonyl (C=O) groups excluding carboxylic acids is 1. The Morgan fingerprint density at radius 1 is 1.39 bits per heavy atom. The van der Waals surface area contributed by atoms with Gasteiger partial charge < -0.3 is 15.8 Å². The van der Waals surface area contributed by atoms with Crippen molar-refractivity contribution >= 4 is 28.3 Å². The molecule has 0 unspecified atom stereocenters. The summed E-state index contributed by atoms with van der Waals surface area (Å²) in [5.41, 5.74) is 4.77. The highest BCUT2D eigenvalue weighted by Crippen LogP contribution is 2.24. The highest BCUT2D eigenvalue weighted by Gasteiger charge is 2.28. The van der Waals surface area contributed by atoms with E-state index in [9.17, 15) is 22.0 Å². The Labute approximate surface area is 139 Å². The number of rotatable bonds is 7. The summed E-state index contributed by atoms with van der Waals surface area (Å²) in [5, 5.41) is 2.00. The van der Waals surface area contributed by atoms with E-state index in [1.54, 1.807) is 0 Å². The van der Waals surface area contributed by atoms with Gasteiger partial charge in [0.25, 0.3) is 11.8 Å². The molecular formula is C12H18ClF2N3O4S. The number of nitrogens with one attached hydrogen (secondary N) is 2. The van der Waals surface area contributed by atoms with Crippen molar-refractivity contribution in [1.29, 1.82) is 0 Å². The van der Waals surface area contributed by atoms with E-state index < -0.39 is 34.9 Å². The molecule has 1 aromatic carbocycles. The molecule has 132 valence electrons. The summed E-state index contributed by atoms with van der Waals surface area (Å²) in [7, 11) is -1.40. The van der Waals surface area contributed by atoms with E-state index in [2.05, 4.69) is 4.72 Å². The van der Waals surface area contributed by atoms with Crippen molar-refractivity contribution in [1.82, 2.24) is 10.0 Å². The lowest BCUT2D eigenvalue weighted by atomic mass is 10.2. The Balaban J connectivity index is 0.00000484. The summed E-state index contributed by atoms with van der Waals surface area (Å²) in [6.45, 7) is -1.85. The zero-order valence-electron chi connectivity index (χ0n) is 12.4.